The standard InChI is InChI=1S/C22H21ClN2O5S/c1-14-7-9-21(30-3)19(11-14)25-31(27,28)17-8-10-20(29-2)18(13-17)24-22(26)15-5-4-6-16(23)12-15/h4-13,25H,1-3H3,(H,24,26). The predicted molar refractivity (Wildman–Crippen MR) is 121 cm³/mol. The third-order valence-corrected chi connectivity index (χ3v) is 6.01. The molecule has 0 fully saturated rings. The second-order valence-corrected chi connectivity index (χ2v) is 8.75. The molecule has 0 aliphatic heterocycles. The van der Waals surface area contributed by atoms with Crippen LogP contribution in [0.4, 0.5) is 11.4 Å². The van der Waals surface area contributed by atoms with Crippen LogP contribution in [0.5, 0.6) is 11.5 Å². The summed E-state index contributed by atoms with van der Waals surface area (Å²) in [5.74, 6) is 0.239. The molecule has 0 heterocycles. The summed E-state index contributed by atoms with van der Waals surface area (Å²) in [5.41, 5.74) is 1.70. The van der Waals surface area contributed by atoms with E-state index in [2.05, 4.69) is 10.0 Å². The van der Waals surface area contributed by atoms with E-state index in [1.54, 1.807) is 30.3 Å². The van der Waals surface area contributed by atoms with Crippen LogP contribution >= 0.6 is 11.6 Å². The SMILES string of the molecule is COc1ccc(S(=O)(=O)Nc2cc(C)ccc2OC)cc1NC(=O)c1cccc(Cl)c1. The molecule has 162 valence electrons. The van der Waals surface area contributed by atoms with Gasteiger partial charge in [0.25, 0.3) is 15.9 Å². The number of hydrogen-bond acceptors (Lipinski definition) is 5. The Labute approximate surface area is 186 Å². The number of amides is 1. The van der Waals surface area contributed by atoms with Crippen LogP contribution in [0.3, 0.4) is 0 Å². The average Bonchev–Trinajstić information content (AvgIpc) is 2.73. The van der Waals surface area contributed by atoms with Gasteiger partial charge in [-0.3, -0.25) is 9.52 Å². The number of ether oxygens (including phenoxy) is 2. The number of hydrogen-bond donors (Lipinski definition) is 2. The molecule has 0 atom stereocenters. The van der Waals surface area contributed by atoms with Crippen LogP contribution in [-0.2, 0) is 10.0 Å². The highest BCUT2D eigenvalue weighted by atomic mass is 35.5. The summed E-state index contributed by atoms with van der Waals surface area (Å²) in [6.07, 6.45) is 0. The Hall–Kier alpha value is -3.23. The van der Waals surface area contributed by atoms with Gasteiger partial charge in [-0.2, -0.15) is 0 Å². The van der Waals surface area contributed by atoms with E-state index in [4.69, 9.17) is 21.1 Å². The number of carbonyl (C=O) groups excluding carboxylic acids is 1. The lowest BCUT2D eigenvalue weighted by molar-refractivity contribution is 0.102. The first-order valence-electron chi connectivity index (χ1n) is 9.16. The summed E-state index contributed by atoms with van der Waals surface area (Å²) in [7, 11) is -1.09. The molecule has 3 rings (SSSR count). The molecule has 0 spiro atoms. The molecule has 0 radical (unpaired) electrons. The van der Waals surface area contributed by atoms with Crippen molar-refractivity contribution in [3.63, 3.8) is 0 Å². The molecule has 0 aromatic heterocycles. The van der Waals surface area contributed by atoms with Crippen molar-refractivity contribution < 1.29 is 22.7 Å². The van der Waals surface area contributed by atoms with Crippen molar-refractivity contribution in [1.29, 1.82) is 0 Å². The second-order valence-electron chi connectivity index (χ2n) is 6.64. The Bertz CT molecular complexity index is 1230. The van der Waals surface area contributed by atoms with Crippen LogP contribution in [0.25, 0.3) is 0 Å². The number of rotatable bonds is 7. The first-order valence-corrected chi connectivity index (χ1v) is 11.0. The van der Waals surface area contributed by atoms with Crippen molar-refractivity contribution in [1.82, 2.24) is 0 Å². The summed E-state index contributed by atoms with van der Waals surface area (Å²) in [4.78, 5) is 12.5. The maximum absolute atomic E-state index is 13.0. The zero-order valence-electron chi connectivity index (χ0n) is 17.1. The molecule has 1 amide bonds. The third-order valence-electron chi connectivity index (χ3n) is 4.42. The van der Waals surface area contributed by atoms with E-state index in [0.717, 1.165) is 5.56 Å². The van der Waals surface area contributed by atoms with Gasteiger partial charge in [0.15, 0.2) is 0 Å². The van der Waals surface area contributed by atoms with E-state index >= 15 is 0 Å². The number of aryl methyl sites for hydroxylation is 1. The van der Waals surface area contributed by atoms with Gasteiger partial charge in [-0.15, -0.1) is 0 Å². The molecule has 0 aliphatic rings. The third kappa shape index (κ3) is 5.28. The van der Waals surface area contributed by atoms with Gasteiger partial charge in [0.1, 0.15) is 11.5 Å². The number of methoxy groups -OCH3 is 2. The predicted octanol–water partition coefficient (Wildman–Crippen LogP) is 4.72. The van der Waals surface area contributed by atoms with E-state index in [9.17, 15) is 13.2 Å². The van der Waals surface area contributed by atoms with Gasteiger partial charge in [-0.05, 0) is 61.0 Å². The van der Waals surface area contributed by atoms with Crippen LogP contribution in [-0.4, -0.2) is 28.5 Å². The molecular weight excluding hydrogens is 440 g/mol. The van der Waals surface area contributed by atoms with Gasteiger partial charge >= 0.3 is 0 Å². The molecule has 0 bridgehead atoms. The van der Waals surface area contributed by atoms with E-state index in [1.165, 1.54) is 38.5 Å². The smallest absolute Gasteiger partial charge is 0.262 e. The Morgan fingerprint density at radius 3 is 2.26 bits per heavy atom. The summed E-state index contributed by atoms with van der Waals surface area (Å²) >= 11 is 5.95. The van der Waals surface area contributed by atoms with Crippen LogP contribution in [0, 0.1) is 6.92 Å². The molecule has 0 unspecified atom stereocenters. The number of nitrogens with one attached hydrogen (secondary N) is 2. The number of benzene rings is 3. The summed E-state index contributed by atoms with van der Waals surface area (Å²) in [5, 5.41) is 3.08. The highest BCUT2D eigenvalue weighted by Crippen LogP contribution is 2.31. The molecule has 31 heavy (non-hydrogen) atoms. The number of sulfonamides is 1. The molecule has 0 aliphatic carbocycles. The topological polar surface area (TPSA) is 93.7 Å². The highest BCUT2D eigenvalue weighted by molar-refractivity contribution is 7.92. The average molecular weight is 461 g/mol. The Morgan fingerprint density at radius 1 is 0.903 bits per heavy atom. The van der Waals surface area contributed by atoms with E-state index < -0.39 is 15.9 Å². The molecule has 2 N–H and O–H groups in total. The van der Waals surface area contributed by atoms with E-state index in [0.29, 0.717) is 27.8 Å². The largest absolute Gasteiger partial charge is 0.495 e. The fourth-order valence-corrected chi connectivity index (χ4v) is 4.16. The summed E-state index contributed by atoms with van der Waals surface area (Å²) in [6.45, 7) is 1.84. The zero-order chi connectivity index (χ0) is 22.6. The summed E-state index contributed by atoms with van der Waals surface area (Å²) in [6, 6.07) is 15.7. The molecule has 0 saturated heterocycles. The molecule has 9 heteroatoms. The first kappa shape index (κ1) is 22.5. The van der Waals surface area contributed by atoms with Crippen LogP contribution in [0.1, 0.15) is 15.9 Å². The maximum Gasteiger partial charge on any atom is 0.262 e. The molecule has 0 saturated carbocycles. The van der Waals surface area contributed by atoms with Crippen molar-refractivity contribution >= 4 is 38.9 Å². The van der Waals surface area contributed by atoms with Crippen molar-refractivity contribution in [3.8, 4) is 11.5 Å². The van der Waals surface area contributed by atoms with Gasteiger partial charge in [0.2, 0.25) is 0 Å². The van der Waals surface area contributed by atoms with Crippen LogP contribution < -0.4 is 19.5 Å². The normalized spacial score (nSPS) is 11.0. The second kappa shape index (κ2) is 9.28. The molecule has 3 aromatic carbocycles. The van der Waals surface area contributed by atoms with Crippen molar-refractivity contribution in [2.45, 2.75) is 11.8 Å². The van der Waals surface area contributed by atoms with E-state index in [1.807, 2.05) is 13.0 Å². The molecule has 3 aromatic rings. The summed E-state index contributed by atoms with van der Waals surface area (Å²) < 4.78 is 39.0. The minimum atomic E-state index is -3.98. The number of anilines is 2. The molecule has 7 nitrogen and oxygen atoms in total. The lowest BCUT2D eigenvalue weighted by Crippen LogP contribution is -2.16. The van der Waals surface area contributed by atoms with Gasteiger partial charge in [0, 0.05) is 10.6 Å². The Morgan fingerprint density at radius 2 is 1.58 bits per heavy atom. The fourth-order valence-electron chi connectivity index (χ4n) is 2.88. The van der Waals surface area contributed by atoms with Crippen molar-refractivity contribution in [2.24, 2.45) is 0 Å². The highest BCUT2D eigenvalue weighted by Gasteiger charge is 2.20. The Kier molecular flexibility index (Phi) is 6.72. The molecular formula is C22H21ClN2O5S. The minimum absolute atomic E-state index is 0.0572. The van der Waals surface area contributed by atoms with Gasteiger partial charge in [-0.25, -0.2) is 8.42 Å². The quantitative estimate of drug-likeness (QED) is 0.532. The van der Waals surface area contributed by atoms with E-state index in [-0.39, 0.29) is 10.6 Å². The lowest BCUT2D eigenvalue weighted by atomic mass is 10.2. The van der Waals surface area contributed by atoms with Crippen LogP contribution in [0.15, 0.2) is 65.6 Å². The first-order chi connectivity index (χ1) is 14.7. The zero-order valence-corrected chi connectivity index (χ0v) is 18.7. The van der Waals surface area contributed by atoms with Gasteiger partial charge in [0.05, 0.1) is 30.5 Å². The Balaban J connectivity index is 1.94. The van der Waals surface area contributed by atoms with Crippen LogP contribution in [0.2, 0.25) is 5.02 Å². The monoisotopic (exact) mass is 460 g/mol. The lowest BCUT2D eigenvalue weighted by Gasteiger charge is -2.15. The number of halogens is 1. The minimum Gasteiger partial charge on any atom is -0.495 e. The fraction of sp³-hybridized carbons (Fsp3) is 0.136. The van der Waals surface area contributed by atoms with Gasteiger partial charge < -0.3 is 14.8 Å². The van der Waals surface area contributed by atoms with Crippen molar-refractivity contribution in [2.75, 3.05) is 24.3 Å². The maximum atomic E-state index is 13.0. The van der Waals surface area contributed by atoms with Crippen molar-refractivity contribution in [3.05, 3.63) is 76.8 Å². The number of carbonyl (C=O) groups is 1. The van der Waals surface area contributed by atoms with Gasteiger partial charge in [-0.1, -0.05) is 23.7 Å².